The maximum atomic E-state index is 12.6. The van der Waals surface area contributed by atoms with Gasteiger partial charge >= 0.3 is 0 Å². The first-order chi connectivity index (χ1) is 12.2. The van der Waals surface area contributed by atoms with E-state index in [4.69, 9.17) is 0 Å². The molecule has 4 nitrogen and oxygen atoms in total. The predicted molar refractivity (Wildman–Crippen MR) is 98.9 cm³/mol. The summed E-state index contributed by atoms with van der Waals surface area (Å²) in [7, 11) is 1.61. The first-order valence-electron chi connectivity index (χ1n) is 8.52. The number of rotatable bonds is 6. The minimum Gasteiger partial charge on any atom is -0.355 e. The van der Waals surface area contributed by atoms with Gasteiger partial charge in [0.15, 0.2) is 0 Å². The normalized spacial score (nSPS) is 13.6. The van der Waals surface area contributed by atoms with E-state index in [2.05, 4.69) is 5.32 Å². The molecule has 1 fully saturated rings. The van der Waals surface area contributed by atoms with Gasteiger partial charge in [-0.3, -0.25) is 9.59 Å². The molecule has 25 heavy (non-hydrogen) atoms. The average Bonchev–Trinajstić information content (AvgIpc) is 3.50. The van der Waals surface area contributed by atoms with Crippen LogP contribution in [-0.4, -0.2) is 29.8 Å². The van der Waals surface area contributed by atoms with Crippen LogP contribution < -0.4 is 5.32 Å². The van der Waals surface area contributed by atoms with Gasteiger partial charge in [0.25, 0.3) is 5.91 Å². The van der Waals surface area contributed by atoms with Crippen molar-refractivity contribution in [3.05, 3.63) is 77.4 Å². The number of hydrogen-bond acceptors (Lipinski definition) is 2. The molecule has 0 spiro atoms. The molecule has 0 radical (unpaired) electrons. The van der Waals surface area contributed by atoms with Crippen LogP contribution in [0.2, 0.25) is 0 Å². The molecule has 0 heterocycles. The van der Waals surface area contributed by atoms with Crippen LogP contribution in [-0.2, 0) is 11.3 Å². The van der Waals surface area contributed by atoms with E-state index in [1.54, 1.807) is 25.3 Å². The van der Waals surface area contributed by atoms with Gasteiger partial charge in [0.05, 0.1) is 0 Å². The van der Waals surface area contributed by atoms with Crippen molar-refractivity contribution in [1.82, 2.24) is 10.2 Å². The van der Waals surface area contributed by atoms with Gasteiger partial charge in [0.1, 0.15) is 0 Å². The standard InChI is InChI=1S/C21H22N2O2/c1-22-21(25)18-10-7-17(8-11-18)15-23(19-12-13-19)20(24)14-9-16-5-3-2-4-6-16/h2-11,14,19H,12-13,15H2,1H3,(H,22,25). The SMILES string of the molecule is CNC(=O)c1ccc(CN(C(=O)C=Cc2ccccc2)C2CC2)cc1. The molecule has 2 amide bonds. The lowest BCUT2D eigenvalue weighted by Crippen LogP contribution is -2.31. The van der Waals surface area contributed by atoms with E-state index < -0.39 is 0 Å². The second-order valence-corrected chi connectivity index (χ2v) is 6.22. The van der Waals surface area contributed by atoms with Crippen LogP contribution in [0.3, 0.4) is 0 Å². The van der Waals surface area contributed by atoms with Crippen molar-refractivity contribution in [2.45, 2.75) is 25.4 Å². The Morgan fingerprint density at radius 1 is 1.08 bits per heavy atom. The van der Waals surface area contributed by atoms with Gasteiger partial charge in [0.2, 0.25) is 5.91 Å². The van der Waals surface area contributed by atoms with Crippen molar-refractivity contribution < 1.29 is 9.59 Å². The monoisotopic (exact) mass is 334 g/mol. The number of benzene rings is 2. The van der Waals surface area contributed by atoms with Gasteiger partial charge in [-0.05, 0) is 42.2 Å². The summed E-state index contributed by atoms with van der Waals surface area (Å²) >= 11 is 0. The van der Waals surface area contributed by atoms with Gasteiger partial charge in [0, 0.05) is 31.3 Å². The zero-order valence-electron chi connectivity index (χ0n) is 14.3. The molecule has 128 valence electrons. The van der Waals surface area contributed by atoms with Gasteiger partial charge < -0.3 is 10.2 Å². The van der Waals surface area contributed by atoms with Crippen LogP contribution in [0.1, 0.15) is 34.3 Å². The molecule has 0 bridgehead atoms. The minimum atomic E-state index is -0.104. The Hall–Kier alpha value is -2.88. The van der Waals surface area contributed by atoms with E-state index in [0.717, 1.165) is 24.0 Å². The number of carbonyl (C=O) groups excluding carboxylic acids is 2. The van der Waals surface area contributed by atoms with Gasteiger partial charge in [-0.15, -0.1) is 0 Å². The third kappa shape index (κ3) is 4.57. The summed E-state index contributed by atoms with van der Waals surface area (Å²) in [6.45, 7) is 0.566. The Kier molecular flexibility index (Phi) is 5.29. The van der Waals surface area contributed by atoms with Crippen molar-refractivity contribution in [1.29, 1.82) is 0 Å². The molecule has 2 aromatic rings. The highest BCUT2D eigenvalue weighted by molar-refractivity contribution is 5.94. The smallest absolute Gasteiger partial charge is 0.251 e. The van der Waals surface area contributed by atoms with Crippen LogP contribution in [0, 0.1) is 0 Å². The summed E-state index contributed by atoms with van der Waals surface area (Å²) < 4.78 is 0. The van der Waals surface area contributed by atoms with E-state index >= 15 is 0 Å². The van der Waals surface area contributed by atoms with Crippen molar-refractivity contribution in [2.24, 2.45) is 0 Å². The topological polar surface area (TPSA) is 49.4 Å². The van der Waals surface area contributed by atoms with Crippen molar-refractivity contribution >= 4 is 17.9 Å². The Morgan fingerprint density at radius 3 is 2.36 bits per heavy atom. The lowest BCUT2D eigenvalue weighted by atomic mass is 10.1. The summed E-state index contributed by atoms with van der Waals surface area (Å²) in [6.07, 6.45) is 5.61. The quantitative estimate of drug-likeness (QED) is 0.825. The zero-order valence-corrected chi connectivity index (χ0v) is 14.3. The molecular weight excluding hydrogens is 312 g/mol. The highest BCUT2D eigenvalue weighted by Crippen LogP contribution is 2.28. The number of hydrogen-bond donors (Lipinski definition) is 1. The maximum Gasteiger partial charge on any atom is 0.251 e. The largest absolute Gasteiger partial charge is 0.355 e. The Labute approximate surface area is 148 Å². The van der Waals surface area contributed by atoms with E-state index in [9.17, 15) is 9.59 Å². The highest BCUT2D eigenvalue weighted by Gasteiger charge is 2.31. The molecular formula is C21H22N2O2. The van der Waals surface area contributed by atoms with Crippen LogP contribution >= 0.6 is 0 Å². The van der Waals surface area contributed by atoms with Crippen LogP contribution in [0.25, 0.3) is 6.08 Å². The summed E-state index contributed by atoms with van der Waals surface area (Å²) in [6, 6.07) is 17.6. The number of nitrogens with zero attached hydrogens (tertiary/aromatic N) is 1. The van der Waals surface area contributed by atoms with Gasteiger partial charge in [-0.1, -0.05) is 42.5 Å². The molecule has 1 saturated carbocycles. The Balaban J connectivity index is 1.68. The third-order valence-electron chi connectivity index (χ3n) is 4.28. The lowest BCUT2D eigenvalue weighted by Gasteiger charge is -2.21. The molecule has 0 unspecified atom stereocenters. The Bertz CT molecular complexity index is 762. The minimum absolute atomic E-state index is 0.0294. The van der Waals surface area contributed by atoms with Crippen LogP contribution in [0.4, 0.5) is 0 Å². The zero-order chi connectivity index (χ0) is 17.6. The number of carbonyl (C=O) groups is 2. The summed E-state index contributed by atoms with van der Waals surface area (Å²) in [5, 5.41) is 2.61. The van der Waals surface area contributed by atoms with E-state index in [0.29, 0.717) is 18.2 Å². The molecule has 3 rings (SSSR count). The van der Waals surface area contributed by atoms with Crippen LogP contribution in [0.5, 0.6) is 0 Å². The first-order valence-corrected chi connectivity index (χ1v) is 8.52. The van der Waals surface area contributed by atoms with Gasteiger partial charge in [-0.2, -0.15) is 0 Å². The first kappa shape index (κ1) is 17.0. The average molecular weight is 334 g/mol. The summed E-state index contributed by atoms with van der Waals surface area (Å²) in [4.78, 5) is 26.1. The number of amides is 2. The molecule has 0 saturated heterocycles. The molecule has 0 aliphatic heterocycles. The highest BCUT2D eigenvalue weighted by atomic mass is 16.2. The molecule has 2 aromatic carbocycles. The fourth-order valence-electron chi connectivity index (χ4n) is 2.70. The second kappa shape index (κ2) is 7.79. The molecule has 0 aromatic heterocycles. The fraction of sp³-hybridized carbons (Fsp3) is 0.238. The summed E-state index contributed by atoms with van der Waals surface area (Å²) in [5.41, 5.74) is 2.67. The molecule has 0 atom stereocenters. The van der Waals surface area contributed by atoms with E-state index in [1.807, 2.05) is 53.4 Å². The molecule has 4 heteroatoms. The van der Waals surface area contributed by atoms with Gasteiger partial charge in [-0.25, -0.2) is 0 Å². The molecule has 1 aliphatic carbocycles. The van der Waals surface area contributed by atoms with Crippen molar-refractivity contribution in [2.75, 3.05) is 7.05 Å². The molecule has 1 aliphatic rings. The van der Waals surface area contributed by atoms with Crippen molar-refractivity contribution in [3.8, 4) is 0 Å². The van der Waals surface area contributed by atoms with E-state index in [1.165, 1.54) is 0 Å². The predicted octanol–water partition coefficient (Wildman–Crippen LogP) is 3.25. The second-order valence-electron chi connectivity index (χ2n) is 6.22. The van der Waals surface area contributed by atoms with Crippen LogP contribution in [0.15, 0.2) is 60.7 Å². The summed E-state index contributed by atoms with van der Waals surface area (Å²) in [5.74, 6) is -0.0748. The number of nitrogens with one attached hydrogen (secondary N) is 1. The van der Waals surface area contributed by atoms with E-state index in [-0.39, 0.29) is 11.8 Å². The lowest BCUT2D eigenvalue weighted by molar-refractivity contribution is -0.127. The molecule has 1 N–H and O–H groups in total. The Morgan fingerprint density at radius 2 is 1.76 bits per heavy atom. The third-order valence-corrected chi connectivity index (χ3v) is 4.28. The van der Waals surface area contributed by atoms with Crippen molar-refractivity contribution in [3.63, 3.8) is 0 Å². The fourth-order valence-corrected chi connectivity index (χ4v) is 2.70. The maximum absolute atomic E-state index is 12.6.